The fourth-order valence-corrected chi connectivity index (χ4v) is 2.54. The molecule has 0 aromatic rings. The Balaban J connectivity index is 2.15. The summed E-state index contributed by atoms with van der Waals surface area (Å²) in [5.41, 5.74) is 0.132. The molecule has 0 spiro atoms. The van der Waals surface area contributed by atoms with Crippen LogP contribution in [0.1, 0.15) is 45.4 Å². The Labute approximate surface area is 101 Å². The second-order valence-electron chi connectivity index (χ2n) is 4.96. The molecule has 0 amide bonds. The van der Waals surface area contributed by atoms with Gasteiger partial charge in [-0.3, -0.25) is 0 Å². The van der Waals surface area contributed by atoms with E-state index in [4.69, 9.17) is 0 Å². The molecule has 0 aliphatic carbocycles. The average Bonchev–Trinajstić information content (AvgIpc) is 2.65. The number of halogens is 3. The van der Waals surface area contributed by atoms with Crippen molar-refractivity contribution in [3.05, 3.63) is 0 Å². The quantitative estimate of drug-likeness (QED) is 0.681. The molecule has 2 N–H and O–H groups in total. The van der Waals surface area contributed by atoms with E-state index in [1.165, 1.54) is 6.42 Å². The van der Waals surface area contributed by atoms with Gasteiger partial charge in [0.15, 0.2) is 0 Å². The highest BCUT2D eigenvalue weighted by Crippen LogP contribution is 2.24. The normalized spacial score (nSPS) is 25.4. The molecule has 102 valence electrons. The van der Waals surface area contributed by atoms with Gasteiger partial charge in [0, 0.05) is 18.5 Å². The lowest BCUT2D eigenvalue weighted by Gasteiger charge is -2.29. The van der Waals surface area contributed by atoms with Crippen molar-refractivity contribution in [2.24, 2.45) is 0 Å². The lowest BCUT2D eigenvalue weighted by Crippen LogP contribution is -2.48. The Morgan fingerprint density at radius 2 is 2.12 bits per heavy atom. The Bertz CT molecular complexity index is 210. The Hall–Kier alpha value is -0.290. The third-order valence-corrected chi connectivity index (χ3v) is 3.34. The summed E-state index contributed by atoms with van der Waals surface area (Å²) in [6.07, 6.45) is -0.0256. The topological polar surface area (TPSA) is 24.1 Å². The van der Waals surface area contributed by atoms with Crippen LogP contribution in [0.25, 0.3) is 0 Å². The second kappa shape index (κ2) is 6.59. The molecule has 1 rings (SSSR count). The monoisotopic (exact) mass is 252 g/mol. The van der Waals surface area contributed by atoms with Gasteiger partial charge >= 0.3 is 6.18 Å². The van der Waals surface area contributed by atoms with Gasteiger partial charge in [-0.15, -0.1) is 0 Å². The third kappa shape index (κ3) is 5.73. The van der Waals surface area contributed by atoms with Crippen LogP contribution in [0.3, 0.4) is 0 Å². The van der Waals surface area contributed by atoms with Gasteiger partial charge in [0.25, 0.3) is 0 Å². The van der Waals surface area contributed by atoms with E-state index in [0.717, 1.165) is 32.4 Å². The summed E-state index contributed by atoms with van der Waals surface area (Å²) in [6, 6.07) is 0. The van der Waals surface area contributed by atoms with Crippen LogP contribution in [0.5, 0.6) is 0 Å². The van der Waals surface area contributed by atoms with Crippen molar-refractivity contribution in [3.63, 3.8) is 0 Å². The summed E-state index contributed by atoms with van der Waals surface area (Å²) in [6.45, 7) is 4.42. The van der Waals surface area contributed by atoms with Crippen molar-refractivity contribution in [2.75, 3.05) is 19.6 Å². The minimum Gasteiger partial charge on any atom is -0.315 e. The predicted molar refractivity (Wildman–Crippen MR) is 63.0 cm³/mol. The van der Waals surface area contributed by atoms with E-state index in [-0.39, 0.29) is 12.0 Å². The van der Waals surface area contributed by atoms with Crippen LogP contribution >= 0.6 is 0 Å². The van der Waals surface area contributed by atoms with Crippen LogP contribution in [0.2, 0.25) is 0 Å². The van der Waals surface area contributed by atoms with E-state index in [9.17, 15) is 13.2 Å². The van der Waals surface area contributed by atoms with Crippen molar-refractivity contribution in [1.29, 1.82) is 0 Å². The molecule has 0 saturated carbocycles. The minimum atomic E-state index is -4.02. The largest absolute Gasteiger partial charge is 0.389 e. The lowest BCUT2D eigenvalue weighted by molar-refractivity contribution is -0.135. The Morgan fingerprint density at radius 1 is 1.35 bits per heavy atom. The smallest absolute Gasteiger partial charge is 0.315 e. The van der Waals surface area contributed by atoms with Crippen molar-refractivity contribution < 1.29 is 13.2 Å². The van der Waals surface area contributed by atoms with Gasteiger partial charge in [-0.05, 0) is 38.8 Å². The predicted octanol–water partition coefficient (Wildman–Crippen LogP) is 2.84. The van der Waals surface area contributed by atoms with Gasteiger partial charge in [0.1, 0.15) is 0 Å². The number of hydrogen-bond acceptors (Lipinski definition) is 2. The zero-order valence-electron chi connectivity index (χ0n) is 10.5. The van der Waals surface area contributed by atoms with E-state index >= 15 is 0 Å². The third-order valence-electron chi connectivity index (χ3n) is 3.34. The van der Waals surface area contributed by atoms with Gasteiger partial charge < -0.3 is 10.6 Å². The van der Waals surface area contributed by atoms with Gasteiger partial charge in [0.05, 0.1) is 0 Å². The number of nitrogens with one attached hydrogen (secondary N) is 2. The van der Waals surface area contributed by atoms with E-state index in [0.29, 0.717) is 6.54 Å². The molecule has 5 heteroatoms. The molecule has 0 radical (unpaired) electrons. The van der Waals surface area contributed by atoms with Gasteiger partial charge in [-0.2, -0.15) is 13.2 Å². The van der Waals surface area contributed by atoms with Crippen LogP contribution < -0.4 is 10.6 Å². The molecule has 1 unspecified atom stereocenters. The van der Waals surface area contributed by atoms with Crippen molar-refractivity contribution in [3.8, 4) is 0 Å². The molecule has 1 heterocycles. The molecule has 2 nitrogen and oxygen atoms in total. The molecule has 0 aromatic carbocycles. The van der Waals surface area contributed by atoms with Gasteiger partial charge in [-0.1, -0.05) is 13.3 Å². The molecule has 0 bridgehead atoms. The molecule has 1 aliphatic rings. The van der Waals surface area contributed by atoms with E-state index < -0.39 is 12.6 Å². The maximum atomic E-state index is 11.9. The van der Waals surface area contributed by atoms with Crippen LogP contribution in [-0.2, 0) is 0 Å². The number of alkyl halides is 3. The van der Waals surface area contributed by atoms with Crippen LogP contribution in [-0.4, -0.2) is 31.3 Å². The molecule has 1 fully saturated rings. The summed E-state index contributed by atoms with van der Waals surface area (Å²) >= 11 is 0. The van der Waals surface area contributed by atoms with Crippen LogP contribution in [0, 0.1) is 0 Å². The fraction of sp³-hybridized carbons (Fsp3) is 1.00. The van der Waals surface area contributed by atoms with Crippen LogP contribution in [0.15, 0.2) is 0 Å². The van der Waals surface area contributed by atoms with Gasteiger partial charge in [-0.25, -0.2) is 0 Å². The zero-order chi connectivity index (χ0) is 12.8. The van der Waals surface area contributed by atoms with Gasteiger partial charge in [0.2, 0.25) is 0 Å². The zero-order valence-corrected chi connectivity index (χ0v) is 10.5. The molecule has 1 aliphatic heterocycles. The summed E-state index contributed by atoms with van der Waals surface area (Å²) < 4.78 is 35.8. The van der Waals surface area contributed by atoms with E-state index in [2.05, 4.69) is 17.6 Å². The van der Waals surface area contributed by atoms with Crippen LogP contribution in [0.4, 0.5) is 13.2 Å². The summed E-state index contributed by atoms with van der Waals surface area (Å²) in [5, 5.41) is 6.66. The highest BCUT2D eigenvalue weighted by molar-refractivity contribution is 4.94. The van der Waals surface area contributed by atoms with E-state index in [1.54, 1.807) is 0 Å². The maximum absolute atomic E-state index is 11.9. The highest BCUT2D eigenvalue weighted by atomic mass is 19.4. The first kappa shape index (κ1) is 14.8. The lowest BCUT2D eigenvalue weighted by atomic mass is 9.92. The van der Waals surface area contributed by atoms with Crippen molar-refractivity contribution >= 4 is 0 Å². The fourth-order valence-electron chi connectivity index (χ4n) is 2.54. The first-order valence-electron chi connectivity index (χ1n) is 6.50. The van der Waals surface area contributed by atoms with Crippen molar-refractivity contribution in [2.45, 2.75) is 57.2 Å². The minimum absolute atomic E-state index is 0.132. The molecular weight excluding hydrogens is 229 g/mol. The molecule has 1 atom stereocenters. The summed E-state index contributed by atoms with van der Waals surface area (Å²) in [7, 11) is 0. The Morgan fingerprint density at radius 3 is 2.65 bits per heavy atom. The summed E-state index contributed by atoms with van der Waals surface area (Å²) in [4.78, 5) is 0. The molecular formula is C12H23F3N2. The SMILES string of the molecule is CCCC1(CNCCCC(F)(F)F)CCCN1. The average molecular weight is 252 g/mol. The first-order valence-corrected chi connectivity index (χ1v) is 6.50. The van der Waals surface area contributed by atoms with E-state index in [1.807, 2.05) is 0 Å². The number of rotatable bonds is 7. The molecule has 17 heavy (non-hydrogen) atoms. The number of hydrogen-bond donors (Lipinski definition) is 2. The standard InChI is InChI=1S/C12H23F3N2/c1-2-5-11(6-3-9-17-11)10-16-8-4-7-12(13,14)15/h16-17H,2-10H2,1H3. The Kier molecular flexibility index (Phi) is 5.73. The van der Waals surface area contributed by atoms with Crippen molar-refractivity contribution in [1.82, 2.24) is 10.6 Å². The maximum Gasteiger partial charge on any atom is 0.389 e. The second-order valence-corrected chi connectivity index (χ2v) is 4.96. The molecule has 0 aromatic heterocycles. The highest BCUT2D eigenvalue weighted by Gasteiger charge is 2.32. The first-order chi connectivity index (χ1) is 7.97. The molecule has 1 saturated heterocycles. The summed E-state index contributed by atoms with van der Waals surface area (Å²) in [5.74, 6) is 0.